The van der Waals surface area contributed by atoms with Crippen LogP contribution in [0.2, 0.25) is 19.6 Å². The summed E-state index contributed by atoms with van der Waals surface area (Å²) in [5, 5.41) is 13.9. The maximum Gasteiger partial charge on any atom is 2.00 e. The molecule has 11 atom stereocenters. The van der Waals surface area contributed by atoms with Crippen molar-refractivity contribution in [1.82, 2.24) is 0 Å². The van der Waals surface area contributed by atoms with Crippen LogP contribution in [0.25, 0.3) is 20.9 Å². The van der Waals surface area contributed by atoms with E-state index < -0.39 is 13.8 Å². The quantitative estimate of drug-likeness (QED) is 0.0487. The zero-order chi connectivity index (χ0) is 59.0. The molecule has 1 N–H and O–H groups in total. The van der Waals surface area contributed by atoms with Gasteiger partial charge in [-0.05, 0) is 177 Å². The van der Waals surface area contributed by atoms with Crippen molar-refractivity contribution in [1.29, 1.82) is 0 Å². The predicted octanol–water partition coefficient (Wildman–Crippen LogP) is 15.4. The van der Waals surface area contributed by atoms with Crippen LogP contribution < -0.4 is 41.0 Å². The van der Waals surface area contributed by atoms with Gasteiger partial charge in [0.2, 0.25) is 0 Å². The fourth-order valence-electron chi connectivity index (χ4n) is 12.7. The summed E-state index contributed by atoms with van der Waals surface area (Å²) in [5.41, 5.74) is 18.2. The number of carbonyl (C=O) groups is 2. The van der Waals surface area contributed by atoms with Crippen LogP contribution in [0.1, 0.15) is 223 Å². The van der Waals surface area contributed by atoms with E-state index in [0.717, 1.165) is 83.3 Å². The number of ketones is 2. The van der Waals surface area contributed by atoms with Gasteiger partial charge in [0.05, 0.1) is 5.60 Å². The minimum atomic E-state index is -1.45. The number of Topliss-reactive ketones (excluding diaryl/α,β-unsaturated/α-hetero) is 1. The van der Waals surface area contributed by atoms with Gasteiger partial charge in [0.25, 0.3) is 0 Å². The van der Waals surface area contributed by atoms with Crippen LogP contribution in [0, 0.1) is 70.7 Å². The Morgan fingerprint density at radius 1 is 0.671 bits per heavy atom. The average molecular weight is 1440 g/mol. The van der Waals surface area contributed by atoms with Gasteiger partial charge in [-0.25, -0.2) is 0 Å². The van der Waals surface area contributed by atoms with E-state index in [1.54, 1.807) is 6.08 Å². The van der Waals surface area contributed by atoms with E-state index in [9.17, 15) is 14.7 Å². The molecule has 11 unspecified atom stereocenters. The van der Waals surface area contributed by atoms with Gasteiger partial charge >= 0.3 is 71.3 Å². The summed E-state index contributed by atoms with van der Waals surface area (Å²) < 4.78 is 8.41. The van der Waals surface area contributed by atoms with Crippen molar-refractivity contribution in [3.8, 4) is 0 Å². The Bertz CT molecular complexity index is 1810. The summed E-state index contributed by atoms with van der Waals surface area (Å²) in [6.07, 6.45) is 24.3. The van der Waals surface area contributed by atoms with Crippen LogP contribution >= 0.6 is 10.1 Å². The summed E-state index contributed by atoms with van der Waals surface area (Å²) in [6.45, 7) is 64.7. The average Bonchev–Trinajstić information content (AvgIpc) is 3.23. The van der Waals surface area contributed by atoms with E-state index >= 15 is 0 Å². The molecule has 0 amide bonds. The van der Waals surface area contributed by atoms with Gasteiger partial charge in [0, 0.05) is 42.9 Å². The predicted molar refractivity (Wildman–Crippen MR) is 358 cm³/mol. The first-order valence-corrected chi connectivity index (χ1v) is 31.8. The maximum absolute atomic E-state index is 11.2. The first-order chi connectivity index (χ1) is 33.9. The number of hydrogen-bond donors (Lipinski definition) is 1. The number of allylic oxidation sites excluding steroid dienone is 6. The van der Waals surface area contributed by atoms with Crippen molar-refractivity contribution in [3.63, 3.8) is 0 Å². The third-order valence-electron chi connectivity index (χ3n) is 14.0. The summed E-state index contributed by atoms with van der Waals surface area (Å²) >= 11 is 3.66. The number of aliphatic hydroxyl groups is 1. The second kappa shape index (κ2) is 54.1. The number of hydrogen-bond acceptors (Lipinski definition) is 6. The topological polar surface area (TPSA) is 161 Å². The molecule has 0 spiro atoms. The molecule has 17 heteroatoms. The number of ether oxygens (including phenoxy) is 1. The largest absolute Gasteiger partial charge is 2.00 e. The van der Waals surface area contributed by atoms with Gasteiger partial charge in [-0.1, -0.05) is 160 Å². The molecular weight excluding hydrogens is 1310 g/mol. The molecule has 10 nitrogen and oxygen atoms in total. The van der Waals surface area contributed by atoms with Gasteiger partial charge in [-0.3, -0.25) is 16.2 Å². The Hall–Kier alpha value is 0.0888. The molecule has 0 aromatic heterocycles. The molecular formula is C65H126BrClCuIMg2N6O4Si. The van der Waals surface area contributed by atoms with Crippen LogP contribution in [-0.2, 0) is 29.4 Å². The number of carbonyl (C=O) groups excluding carboxylic acids is 2. The maximum atomic E-state index is 11.2. The van der Waals surface area contributed by atoms with Gasteiger partial charge in [-0.15, -0.1) is 31.1 Å². The van der Waals surface area contributed by atoms with Gasteiger partial charge in [-0.2, -0.15) is 0 Å². The minimum absolute atomic E-state index is 0. The Kier molecular flexibility index (Phi) is 72.4. The van der Waals surface area contributed by atoms with Gasteiger partial charge in [0.15, 0.2) is 5.78 Å². The summed E-state index contributed by atoms with van der Waals surface area (Å²) in [6, 6.07) is 0. The van der Waals surface area contributed by atoms with E-state index in [1.807, 2.05) is 72.5 Å². The number of nitrogens with zero attached hydrogens (tertiary/aromatic N) is 6. The number of rotatable bonds is 8. The molecule has 5 aliphatic rings. The smallest absolute Gasteiger partial charge is 1.00 e. The SMILES string of the molecule is C.C.C.C=CC1(C)CC(=O)CC(C)C1.C=CC1(C)CC(C)CC(C)(C)C1.C=CC1(C)CC(C)CC(C)(N=[N+]=[N-])C1.C=CC1(C)CC(C)CC(C)(O)C1.CC1=CC(=O)CC(C)C1.CCOCC.C[Si](C)(C)N=[N+]=[N-].[Br-].[CH-]=C.[CH3-].[Cl][Cu].[I-].[Mg+2].[Mg+2]. The molecule has 82 heavy (non-hydrogen) atoms. The zero-order valence-corrected chi connectivity index (χ0v) is 63.2. The molecule has 4 fully saturated rings. The molecule has 0 aromatic carbocycles. The second-order valence-corrected chi connectivity index (χ2v) is 30.7. The van der Waals surface area contributed by atoms with E-state index in [2.05, 4.69) is 167 Å². The third kappa shape index (κ3) is 54.3. The van der Waals surface area contributed by atoms with Crippen molar-refractivity contribution >= 4 is 76.0 Å². The fraction of sp³-hybridized carbons (Fsp3) is 0.769. The molecule has 4 saturated carbocycles. The molecule has 480 valence electrons. The van der Waals surface area contributed by atoms with Crippen molar-refractivity contribution < 1.29 is 75.5 Å². The van der Waals surface area contributed by atoms with E-state index in [4.69, 9.17) is 15.8 Å². The summed E-state index contributed by atoms with van der Waals surface area (Å²) in [5.74, 6) is 3.87. The monoisotopic (exact) mass is 1430 g/mol. The second-order valence-electron chi connectivity index (χ2n) is 26.2. The van der Waals surface area contributed by atoms with Crippen molar-refractivity contribution in [2.45, 2.75) is 254 Å². The molecule has 0 aromatic rings. The molecule has 5 rings (SSSR count). The van der Waals surface area contributed by atoms with Crippen LogP contribution in [0.15, 0.2) is 78.7 Å². The Morgan fingerprint density at radius 3 is 1.34 bits per heavy atom. The summed E-state index contributed by atoms with van der Waals surface area (Å²) in [4.78, 5) is 27.7. The van der Waals surface area contributed by atoms with E-state index in [1.165, 1.54) is 24.8 Å². The molecule has 0 bridgehead atoms. The molecule has 0 saturated heterocycles. The van der Waals surface area contributed by atoms with Crippen LogP contribution in [0.3, 0.4) is 0 Å². The zero-order valence-electron chi connectivity index (χ0n) is 53.9. The van der Waals surface area contributed by atoms with Crippen molar-refractivity contribution in [2.75, 3.05) is 13.2 Å². The van der Waals surface area contributed by atoms with Gasteiger partial charge < -0.3 is 64.8 Å². The minimum Gasteiger partial charge on any atom is -1.00 e. The van der Waals surface area contributed by atoms with Crippen molar-refractivity contribution in [3.05, 3.63) is 104 Å². The van der Waals surface area contributed by atoms with Gasteiger partial charge in [0.1, 0.15) is 14.0 Å². The van der Waals surface area contributed by atoms with Crippen LogP contribution in [0.4, 0.5) is 0 Å². The Morgan fingerprint density at radius 2 is 1.05 bits per heavy atom. The number of azide groups is 2. The fourth-order valence-corrected chi connectivity index (χ4v) is 12.9. The van der Waals surface area contributed by atoms with Crippen molar-refractivity contribution in [2.24, 2.45) is 66.6 Å². The van der Waals surface area contributed by atoms with E-state index in [-0.39, 0.29) is 139 Å². The Balaban J connectivity index is -0.0000000689. The summed E-state index contributed by atoms with van der Waals surface area (Å²) in [7, 11) is 2.75. The first-order valence-electron chi connectivity index (χ1n) is 27.1. The third-order valence-corrected chi connectivity index (χ3v) is 14.7. The Labute approximate surface area is 583 Å². The standard InChI is InChI=1S/C12H22.C11H19N3.C11H20O.C10H16O.C8H12O.C4H10O.C3H9N3Si.C2H3.3CH4.CH3.BrH.ClH.Cu.HI.2Mg/c1-6-12(5)8-10(2)7-11(3,4)9-12;1-5-10(3)6-9(2)7-11(4,8-10)13-14-12;1-5-10(3)6-9(2)7-11(4,12)8-10;1-4-10(3)6-8(2)5-9(11)7-10;1-6-3-7(2)5-8(9)4-6;1-3-5-4-2;1-7(2,3)6-5-4;1-2;;;;;;;;;;/h6,10H,1,7-9H2,2-5H3;5,9H,1,6-8H2,2-4H3;5,9,12H,1,6-8H2,2-4H3;4,8H,1,5-7H2,2-3H3;4,7H,3,5H2,1-2H3;3-4H2,1-2H3;1-3H3;1H,2H2;3*1H4;1H3;2*1H;;1H;;/q;;;;;;;-1;;;;-1;;;+1;;2*+2/p-3. The molecule has 5 aliphatic carbocycles. The van der Waals surface area contributed by atoms with E-state index in [0.29, 0.717) is 52.5 Å². The molecule has 0 aliphatic heterocycles. The van der Waals surface area contributed by atoms with Crippen LogP contribution in [-0.4, -0.2) is 95.4 Å². The molecule has 0 heterocycles. The van der Waals surface area contributed by atoms with Crippen LogP contribution in [0.5, 0.6) is 0 Å². The first kappa shape index (κ1) is 110. The number of halogens is 3. The normalized spacial score (nSPS) is 30.2. The molecule has 0 radical (unpaired) electrons.